The number of rotatable bonds is 7. The Hall–Kier alpha value is -2.34. The van der Waals surface area contributed by atoms with Crippen molar-refractivity contribution in [3.05, 3.63) is 12.7 Å². The van der Waals surface area contributed by atoms with E-state index in [-0.39, 0.29) is 12.2 Å². The first-order valence-electron chi connectivity index (χ1n) is 8.31. The minimum absolute atomic E-state index is 0.188. The SMILES string of the molecule is NC(=O)CCCCC(O)[C@H]1O[C@@H](n2cnc3c(N)ncnc32)[C@H](O)[C@@H]1O. The standard InChI is InChI=1S/C15H22N6O5/c16-8(23)4-2-1-3-7(22)12-10(24)11(25)15(26-12)21-6-20-9-13(17)18-5-19-14(9)21/h5-7,10-12,15,22,24-25H,1-4H2,(H2,16,23)(H2,17,18,19)/t7?,10-,11+,12+,15+/m0/s1. The van der Waals surface area contributed by atoms with E-state index in [1.165, 1.54) is 17.2 Å². The molecular formula is C15H22N6O5. The highest BCUT2D eigenvalue weighted by atomic mass is 16.6. The van der Waals surface area contributed by atoms with E-state index in [2.05, 4.69) is 15.0 Å². The summed E-state index contributed by atoms with van der Waals surface area (Å²) in [5, 5.41) is 30.9. The summed E-state index contributed by atoms with van der Waals surface area (Å²) >= 11 is 0. The molecule has 5 atom stereocenters. The van der Waals surface area contributed by atoms with E-state index in [0.29, 0.717) is 30.4 Å². The molecule has 0 radical (unpaired) electrons. The lowest BCUT2D eigenvalue weighted by Gasteiger charge is -2.21. The Morgan fingerprint density at radius 3 is 2.77 bits per heavy atom. The average Bonchev–Trinajstić information content (AvgIpc) is 3.15. The first kappa shape index (κ1) is 18.5. The van der Waals surface area contributed by atoms with Crippen LogP contribution in [0.5, 0.6) is 0 Å². The van der Waals surface area contributed by atoms with Gasteiger partial charge in [0.2, 0.25) is 5.91 Å². The predicted molar refractivity (Wildman–Crippen MR) is 89.3 cm³/mol. The van der Waals surface area contributed by atoms with Crippen LogP contribution in [0.25, 0.3) is 11.2 Å². The van der Waals surface area contributed by atoms with Gasteiger partial charge in [-0.25, -0.2) is 15.0 Å². The number of anilines is 1. The molecule has 1 aliphatic rings. The second-order valence-electron chi connectivity index (χ2n) is 6.33. The number of hydrogen-bond acceptors (Lipinski definition) is 9. The number of ether oxygens (including phenoxy) is 1. The van der Waals surface area contributed by atoms with Crippen LogP contribution < -0.4 is 11.5 Å². The Morgan fingerprint density at radius 2 is 2.04 bits per heavy atom. The van der Waals surface area contributed by atoms with Crippen LogP contribution in [0, 0.1) is 0 Å². The Kier molecular flexibility index (Phi) is 5.32. The van der Waals surface area contributed by atoms with Crippen molar-refractivity contribution in [2.45, 2.75) is 56.3 Å². The van der Waals surface area contributed by atoms with Crippen molar-refractivity contribution in [2.75, 3.05) is 5.73 Å². The number of carbonyl (C=O) groups excluding carboxylic acids is 1. The number of nitrogens with zero attached hydrogens (tertiary/aromatic N) is 4. The highest BCUT2D eigenvalue weighted by molar-refractivity contribution is 5.81. The number of aliphatic hydroxyl groups is 3. The maximum atomic E-state index is 10.7. The Morgan fingerprint density at radius 1 is 1.27 bits per heavy atom. The van der Waals surface area contributed by atoms with Gasteiger partial charge in [0, 0.05) is 6.42 Å². The van der Waals surface area contributed by atoms with Crippen molar-refractivity contribution in [3.63, 3.8) is 0 Å². The van der Waals surface area contributed by atoms with E-state index < -0.39 is 36.6 Å². The Labute approximate surface area is 148 Å². The normalized spacial score (nSPS) is 27.0. The second kappa shape index (κ2) is 7.50. The zero-order valence-electron chi connectivity index (χ0n) is 14.0. The van der Waals surface area contributed by atoms with Gasteiger partial charge < -0.3 is 31.5 Å². The summed E-state index contributed by atoms with van der Waals surface area (Å²) in [5.74, 6) is -0.215. The van der Waals surface area contributed by atoms with Crippen molar-refractivity contribution in [3.8, 4) is 0 Å². The zero-order valence-corrected chi connectivity index (χ0v) is 14.0. The second-order valence-corrected chi connectivity index (χ2v) is 6.33. The van der Waals surface area contributed by atoms with Gasteiger partial charge in [0.25, 0.3) is 0 Å². The summed E-state index contributed by atoms with van der Waals surface area (Å²) in [4.78, 5) is 22.8. The molecule has 3 heterocycles. The lowest BCUT2D eigenvalue weighted by molar-refractivity contribution is -0.118. The molecule has 11 heteroatoms. The van der Waals surface area contributed by atoms with E-state index in [9.17, 15) is 20.1 Å². The molecule has 2 aromatic heterocycles. The average molecular weight is 366 g/mol. The fourth-order valence-corrected chi connectivity index (χ4v) is 3.11. The predicted octanol–water partition coefficient (Wildman–Crippen LogP) is -1.57. The molecule has 0 aromatic carbocycles. The number of nitrogen functional groups attached to an aromatic ring is 1. The lowest BCUT2D eigenvalue weighted by atomic mass is 10.0. The molecule has 1 unspecified atom stereocenters. The number of carbonyl (C=O) groups is 1. The molecule has 0 saturated carbocycles. The monoisotopic (exact) mass is 366 g/mol. The molecule has 1 fully saturated rings. The van der Waals surface area contributed by atoms with Gasteiger partial charge in [0.1, 0.15) is 30.2 Å². The largest absolute Gasteiger partial charge is 0.390 e. The van der Waals surface area contributed by atoms with Crippen LogP contribution in [-0.2, 0) is 9.53 Å². The van der Waals surface area contributed by atoms with Gasteiger partial charge in [-0.1, -0.05) is 6.42 Å². The fourth-order valence-electron chi connectivity index (χ4n) is 3.11. The summed E-state index contributed by atoms with van der Waals surface area (Å²) in [5.41, 5.74) is 11.5. The van der Waals surface area contributed by atoms with Crippen molar-refractivity contribution >= 4 is 22.9 Å². The number of amides is 1. The zero-order chi connectivity index (χ0) is 18.8. The smallest absolute Gasteiger partial charge is 0.217 e. The van der Waals surface area contributed by atoms with Gasteiger partial charge in [0.15, 0.2) is 17.7 Å². The molecule has 7 N–H and O–H groups in total. The molecule has 1 aliphatic heterocycles. The van der Waals surface area contributed by atoms with E-state index in [1.807, 2.05) is 0 Å². The molecular weight excluding hydrogens is 344 g/mol. The number of fused-ring (bicyclic) bond motifs is 1. The summed E-state index contributed by atoms with van der Waals surface area (Å²) in [6.45, 7) is 0. The van der Waals surface area contributed by atoms with Crippen LogP contribution in [0.3, 0.4) is 0 Å². The minimum atomic E-state index is -1.29. The number of imidazole rings is 1. The summed E-state index contributed by atoms with van der Waals surface area (Å²) in [6, 6.07) is 0. The van der Waals surface area contributed by atoms with E-state index in [0.717, 1.165) is 0 Å². The lowest BCUT2D eigenvalue weighted by Crippen LogP contribution is -2.38. The van der Waals surface area contributed by atoms with Crippen molar-refractivity contribution in [1.29, 1.82) is 0 Å². The summed E-state index contributed by atoms with van der Waals surface area (Å²) < 4.78 is 7.14. The quantitative estimate of drug-likeness (QED) is 0.361. The fraction of sp³-hybridized carbons (Fsp3) is 0.600. The van der Waals surface area contributed by atoms with Gasteiger partial charge in [-0.3, -0.25) is 9.36 Å². The van der Waals surface area contributed by atoms with Gasteiger partial charge in [-0.05, 0) is 12.8 Å². The first-order chi connectivity index (χ1) is 12.4. The molecule has 2 aromatic rings. The number of nitrogens with two attached hydrogens (primary N) is 2. The van der Waals surface area contributed by atoms with E-state index in [1.54, 1.807) is 0 Å². The highest BCUT2D eigenvalue weighted by Crippen LogP contribution is 2.34. The minimum Gasteiger partial charge on any atom is -0.390 e. The van der Waals surface area contributed by atoms with Crippen LogP contribution in [0.15, 0.2) is 12.7 Å². The molecule has 11 nitrogen and oxygen atoms in total. The number of hydrogen-bond donors (Lipinski definition) is 5. The van der Waals surface area contributed by atoms with Gasteiger partial charge in [-0.2, -0.15) is 0 Å². The Bertz CT molecular complexity index is 783. The third kappa shape index (κ3) is 3.46. The maximum absolute atomic E-state index is 10.7. The number of unbranched alkanes of at least 4 members (excludes halogenated alkanes) is 1. The molecule has 0 bridgehead atoms. The summed E-state index contributed by atoms with van der Waals surface area (Å²) in [7, 11) is 0. The third-order valence-electron chi connectivity index (χ3n) is 4.49. The van der Waals surface area contributed by atoms with Crippen LogP contribution in [0.4, 0.5) is 5.82 Å². The van der Waals surface area contributed by atoms with Crippen molar-refractivity contribution < 1.29 is 24.9 Å². The number of primary amides is 1. The van der Waals surface area contributed by atoms with E-state index >= 15 is 0 Å². The molecule has 0 aliphatic carbocycles. The molecule has 1 amide bonds. The Balaban J connectivity index is 1.71. The molecule has 26 heavy (non-hydrogen) atoms. The first-order valence-corrected chi connectivity index (χ1v) is 8.31. The summed E-state index contributed by atoms with van der Waals surface area (Å²) in [6.07, 6.45) is -1.30. The van der Waals surface area contributed by atoms with Crippen molar-refractivity contribution in [2.24, 2.45) is 5.73 Å². The topological polar surface area (TPSA) is 183 Å². The maximum Gasteiger partial charge on any atom is 0.217 e. The van der Waals surface area contributed by atoms with Crippen LogP contribution in [0.2, 0.25) is 0 Å². The number of aliphatic hydroxyl groups excluding tert-OH is 3. The molecule has 3 rings (SSSR count). The third-order valence-corrected chi connectivity index (χ3v) is 4.49. The molecule has 1 saturated heterocycles. The van der Waals surface area contributed by atoms with Crippen LogP contribution in [0.1, 0.15) is 31.9 Å². The van der Waals surface area contributed by atoms with Gasteiger partial charge in [0.05, 0.1) is 12.4 Å². The molecule has 142 valence electrons. The molecule has 0 spiro atoms. The van der Waals surface area contributed by atoms with Gasteiger partial charge >= 0.3 is 0 Å². The van der Waals surface area contributed by atoms with E-state index in [4.69, 9.17) is 16.2 Å². The highest BCUT2D eigenvalue weighted by Gasteiger charge is 2.47. The van der Waals surface area contributed by atoms with Crippen LogP contribution >= 0.6 is 0 Å². The number of aromatic nitrogens is 4. The van der Waals surface area contributed by atoms with Crippen LogP contribution in [-0.4, -0.2) is 65.2 Å². The van der Waals surface area contributed by atoms with Gasteiger partial charge in [-0.15, -0.1) is 0 Å². The van der Waals surface area contributed by atoms with Crippen molar-refractivity contribution in [1.82, 2.24) is 19.5 Å².